The van der Waals surface area contributed by atoms with E-state index in [1.54, 1.807) is 25.1 Å². The largest absolute Gasteiger partial charge is 0.423 e. The molecule has 0 heterocycles. The van der Waals surface area contributed by atoms with Crippen molar-refractivity contribution in [3.05, 3.63) is 95.9 Å². The van der Waals surface area contributed by atoms with Crippen molar-refractivity contribution in [1.82, 2.24) is 0 Å². The summed E-state index contributed by atoms with van der Waals surface area (Å²) < 4.78 is 54.0. The van der Waals surface area contributed by atoms with Crippen molar-refractivity contribution in [2.75, 3.05) is 0 Å². The number of esters is 2. The minimum Gasteiger partial charge on any atom is -0.423 e. The molecule has 3 rings (SSSR count). The maximum absolute atomic E-state index is 14.9. The Labute approximate surface area is 194 Å². The molecule has 0 aliphatic rings. The van der Waals surface area contributed by atoms with Crippen LogP contribution >= 0.6 is 0 Å². The molecule has 0 saturated heterocycles. The van der Waals surface area contributed by atoms with Crippen molar-refractivity contribution in [1.29, 1.82) is 0 Å². The fourth-order valence-corrected chi connectivity index (χ4v) is 3.06. The van der Waals surface area contributed by atoms with Gasteiger partial charge in [0.25, 0.3) is 0 Å². The fraction of sp³-hybridized carbons (Fsp3) is 0.111. The summed E-state index contributed by atoms with van der Waals surface area (Å²) in [4.78, 5) is 23.3. The minimum atomic E-state index is -1.37. The smallest absolute Gasteiger partial charge is 0.338 e. The molecule has 0 atom stereocenters. The third-order valence-corrected chi connectivity index (χ3v) is 4.92. The molecule has 0 spiro atoms. The van der Waals surface area contributed by atoms with Crippen LogP contribution in [0.25, 0.3) is 22.3 Å². The number of carbonyl (C=O) groups is 2. The molecule has 0 aliphatic carbocycles. The van der Waals surface area contributed by atoms with Crippen LogP contribution in [-0.4, -0.2) is 11.9 Å². The van der Waals surface area contributed by atoms with Crippen molar-refractivity contribution >= 4 is 11.9 Å². The predicted octanol–water partition coefficient (Wildman–Crippen LogP) is 6.71. The highest BCUT2D eigenvalue weighted by atomic mass is 19.2. The summed E-state index contributed by atoms with van der Waals surface area (Å²) >= 11 is 0. The summed E-state index contributed by atoms with van der Waals surface area (Å²) in [5.74, 6) is -5.04. The second-order valence-electron chi connectivity index (χ2n) is 7.75. The minimum absolute atomic E-state index is 0.0267. The second-order valence-corrected chi connectivity index (χ2v) is 7.75. The summed E-state index contributed by atoms with van der Waals surface area (Å²) in [6.45, 7) is 11.5. The Hall–Kier alpha value is -4.13. The van der Waals surface area contributed by atoms with Crippen molar-refractivity contribution in [2.45, 2.75) is 20.8 Å². The van der Waals surface area contributed by atoms with Gasteiger partial charge in [0.1, 0.15) is 11.6 Å². The number of halogens is 3. The average Bonchev–Trinajstić information content (AvgIpc) is 2.78. The zero-order valence-corrected chi connectivity index (χ0v) is 18.8. The van der Waals surface area contributed by atoms with E-state index in [-0.39, 0.29) is 27.8 Å². The van der Waals surface area contributed by atoms with Gasteiger partial charge >= 0.3 is 11.9 Å². The molecule has 0 bridgehead atoms. The molecule has 3 aromatic rings. The number of carbonyl (C=O) groups excluding carboxylic acids is 2. The summed E-state index contributed by atoms with van der Waals surface area (Å²) in [6.07, 6.45) is 0. The van der Waals surface area contributed by atoms with Gasteiger partial charge in [0.15, 0.2) is 11.6 Å². The molecule has 0 unspecified atom stereocenters. The average molecular weight is 466 g/mol. The number of hydrogen-bond donors (Lipinski definition) is 0. The predicted molar refractivity (Wildman–Crippen MR) is 123 cm³/mol. The van der Waals surface area contributed by atoms with Gasteiger partial charge < -0.3 is 9.47 Å². The second kappa shape index (κ2) is 9.79. The van der Waals surface area contributed by atoms with Crippen LogP contribution in [0.4, 0.5) is 13.2 Å². The molecule has 4 nitrogen and oxygen atoms in total. The highest BCUT2D eigenvalue weighted by molar-refractivity contribution is 5.89. The van der Waals surface area contributed by atoms with Gasteiger partial charge in [0, 0.05) is 22.3 Å². The molecule has 7 heteroatoms. The number of ether oxygens (including phenoxy) is 2. The van der Waals surface area contributed by atoms with E-state index in [2.05, 4.69) is 13.2 Å². The van der Waals surface area contributed by atoms with Crippen LogP contribution in [-0.2, 0) is 9.59 Å². The Kier molecular flexibility index (Phi) is 7.05. The van der Waals surface area contributed by atoms with E-state index in [9.17, 15) is 22.8 Å². The van der Waals surface area contributed by atoms with E-state index >= 15 is 0 Å². The molecular weight excluding hydrogens is 445 g/mol. The fourth-order valence-electron chi connectivity index (χ4n) is 3.06. The highest BCUT2D eigenvalue weighted by Gasteiger charge is 2.19. The maximum atomic E-state index is 14.9. The third-order valence-electron chi connectivity index (χ3n) is 4.92. The summed E-state index contributed by atoms with van der Waals surface area (Å²) in [5.41, 5.74) is 1.50. The van der Waals surface area contributed by atoms with E-state index in [1.807, 2.05) is 0 Å². The monoisotopic (exact) mass is 466 g/mol. The Morgan fingerprint density at radius 3 is 1.76 bits per heavy atom. The molecule has 0 fully saturated rings. The zero-order chi connectivity index (χ0) is 25.2. The van der Waals surface area contributed by atoms with Gasteiger partial charge in [-0.1, -0.05) is 31.4 Å². The van der Waals surface area contributed by atoms with Gasteiger partial charge in [0.2, 0.25) is 5.82 Å². The Bertz CT molecular complexity index is 1340. The van der Waals surface area contributed by atoms with E-state index in [0.29, 0.717) is 16.9 Å². The Balaban J connectivity index is 1.91. The van der Waals surface area contributed by atoms with Gasteiger partial charge in [-0.05, 0) is 67.8 Å². The summed E-state index contributed by atoms with van der Waals surface area (Å²) in [6, 6.07) is 11.0. The first-order valence-corrected chi connectivity index (χ1v) is 10.1. The SMILES string of the molecule is C=C(C)C(=O)Oc1ccc(-c2ccc(-c3ccc(OC(=O)C(=C)C)c(F)c3F)cc2F)cc1C. The first kappa shape index (κ1) is 24.5. The molecule has 174 valence electrons. The molecule has 0 aliphatic heterocycles. The lowest BCUT2D eigenvalue weighted by molar-refractivity contribution is -0.131. The first-order chi connectivity index (χ1) is 16.0. The van der Waals surface area contributed by atoms with Crippen molar-refractivity contribution in [2.24, 2.45) is 0 Å². The standard InChI is InChI=1S/C27H21F3O4/c1-14(2)26(31)33-22-10-7-17(12-16(22)5)19-8-6-18(13-21(19)28)20-9-11-23(25(30)24(20)29)34-27(32)15(3)4/h6-13H,1,3H2,2,4-5H3. The number of hydrogen-bond acceptors (Lipinski definition) is 4. The van der Waals surface area contributed by atoms with E-state index in [4.69, 9.17) is 9.47 Å². The van der Waals surface area contributed by atoms with Gasteiger partial charge in [-0.25, -0.2) is 18.4 Å². The summed E-state index contributed by atoms with van der Waals surface area (Å²) in [5, 5.41) is 0. The van der Waals surface area contributed by atoms with Crippen molar-refractivity contribution < 1.29 is 32.2 Å². The normalized spacial score (nSPS) is 10.5. The van der Waals surface area contributed by atoms with Crippen LogP contribution in [0.3, 0.4) is 0 Å². The molecule has 34 heavy (non-hydrogen) atoms. The van der Waals surface area contributed by atoms with Crippen LogP contribution < -0.4 is 9.47 Å². The number of rotatable bonds is 6. The van der Waals surface area contributed by atoms with E-state index < -0.39 is 35.1 Å². The Morgan fingerprint density at radius 1 is 0.706 bits per heavy atom. The first-order valence-electron chi connectivity index (χ1n) is 10.1. The molecular formula is C27H21F3O4. The molecule has 3 aromatic carbocycles. The lowest BCUT2D eigenvalue weighted by Gasteiger charge is -2.12. The summed E-state index contributed by atoms with van der Waals surface area (Å²) in [7, 11) is 0. The van der Waals surface area contributed by atoms with Crippen LogP contribution in [0.1, 0.15) is 19.4 Å². The quantitative estimate of drug-likeness (QED) is 0.230. The van der Waals surface area contributed by atoms with Crippen LogP contribution in [0.5, 0.6) is 11.5 Å². The Morgan fingerprint density at radius 2 is 1.21 bits per heavy atom. The van der Waals surface area contributed by atoms with Gasteiger partial charge in [-0.2, -0.15) is 4.39 Å². The van der Waals surface area contributed by atoms with Crippen LogP contribution in [0.2, 0.25) is 0 Å². The van der Waals surface area contributed by atoms with Gasteiger partial charge in [0.05, 0.1) is 0 Å². The van der Waals surface area contributed by atoms with Crippen molar-refractivity contribution in [3.8, 4) is 33.8 Å². The van der Waals surface area contributed by atoms with E-state index in [1.165, 1.54) is 32.0 Å². The lowest BCUT2D eigenvalue weighted by Crippen LogP contribution is -2.10. The van der Waals surface area contributed by atoms with Gasteiger partial charge in [-0.15, -0.1) is 0 Å². The molecule has 0 N–H and O–H groups in total. The topological polar surface area (TPSA) is 52.6 Å². The zero-order valence-electron chi connectivity index (χ0n) is 18.8. The van der Waals surface area contributed by atoms with Crippen LogP contribution in [0.15, 0.2) is 72.8 Å². The molecule has 0 aromatic heterocycles. The van der Waals surface area contributed by atoms with Gasteiger partial charge in [-0.3, -0.25) is 0 Å². The number of aryl methyl sites for hydroxylation is 1. The van der Waals surface area contributed by atoms with E-state index in [0.717, 1.165) is 12.1 Å². The third kappa shape index (κ3) is 5.09. The molecule has 0 saturated carbocycles. The number of benzene rings is 3. The van der Waals surface area contributed by atoms with Crippen LogP contribution in [0, 0.1) is 24.4 Å². The lowest BCUT2D eigenvalue weighted by atomic mass is 9.98. The molecule has 0 amide bonds. The van der Waals surface area contributed by atoms with Crippen molar-refractivity contribution in [3.63, 3.8) is 0 Å². The molecule has 0 radical (unpaired) electrons. The maximum Gasteiger partial charge on any atom is 0.338 e. The highest BCUT2D eigenvalue weighted by Crippen LogP contribution is 2.34.